The Morgan fingerprint density at radius 3 is 2.48 bits per heavy atom. The van der Waals surface area contributed by atoms with E-state index in [0.717, 1.165) is 11.3 Å². The summed E-state index contributed by atoms with van der Waals surface area (Å²) >= 11 is 0. The second-order valence-electron chi connectivity index (χ2n) is 4.76. The van der Waals surface area contributed by atoms with Crippen molar-refractivity contribution in [1.29, 1.82) is 0 Å². The van der Waals surface area contributed by atoms with Gasteiger partial charge in [-0.05, 0) is 30.7 Å². The zero-order chi connectivity index (χ0) is 16.8. The maximum Gasteiger partial charge on any atom is 0.282 e. The van der Waals surface area contributed by atoms with Crippen LogP contribution in [0.4, 0.5) is 11.4 Å². The van der Waals surface area contributed by atoms with Crippen molar-refractivity contribution < 1.29 is 14.4 Å². The molecule has 0 saturated carbocycles. The first-order chi connectivity index (χ1) is 11.0. The monoisotopic (exact) mass is 315 g/mol. The fourth-order valence-electron chi connectivity index (χ4n) is 2.04. The Balaban J connectivity index is 2.30. The van der Waals surface area contributed by atoms with Crippen LogP contribution in [0.3, 0.4) is 0 Å². The lowest BCUT2D eigenvalue weighted by molar-refractivity contribution is -0.385. The standard InChI is InChI=1S/C16H17N3O4/c1-11-5-4-6-13(7-11)18-17-10-12-8-15(22-2)16(23-3)9-14(12)19(20)21/h4-10,18H,1-3H3/b17-10-. The molecule has 0 atom stereocenters. The van der Waals surface area contributed by atoms with Crippen LogP contribution in [0, 0.1) is 17.0 Å². The average molecular weight is 315 g/mol. The minimum absolute atomic E-state index is 0.113. The van der Waals surface area contributed by atoms with E-state index in [2.05, 4.69) is 10.5 Å². The highest BCUT2D eigenvalue weighted by Crippen LogP contribution is 2.33. The first-order valence-corrected chi connectivity index (χ1v) is 6.81. The van der Waals surface area contributed by atoms with Crippen LogP contribution < -0.4 is 14.9 Å². The minimum atomic E-state index is -0.490. The van der Waals surface area contributed by atoms with Crippen molar-refractivity contribution in [2.24, 2.45) is 5.10 Å². The van der Waals surface area contributed by atoms with Gasteiger partial charge < -0.3 is 9.47 Å². The van der Waals surface area contributed by atoms with E-state index >= 15 is 0 Å². The van der Waals surface area contributed by atoms with Gasteiger partial charge in [-0.3, -0.25) is 15.5 Å². The molecule has 2 aromatic carbocycles. The number of anilines is 1. The predicted molar refractivity (Wildman–Crippen MR) is 88.6 cm³/mol. The van der Waals surface area contributed by atoms with Gasteiger partial charge in [0.05, 0.1) is 42.7 Å². The number of nitrogens with zero attached hydrogens (tertiary/aromatic N) is 2. The van der Waals surface area contributed by atoms with E-state index in [0.29, 0.717) is 17.1 Å². The zero-order valence-corrected chi connectivity index (χ0v) is 13.1. The van der Waals surface area contributed by atoms with E-state index < -0.39 is 4.92 Å². The molecule has 0 amide bonds. The molecular weight excluding hydrogens is 298 g/mol. The highest BCUT2D eigenvalue weighted by molar-refractivity contribution is 5.87. The van der Waals surface area contributed by atoms with Crippen molar-refractivity contribution >= 4 is 17.6 Å². The van der Waals surface area contributed by atoms with Gasteiger partial charge >= 0.3 is 0 Å². The summed E-state index contributed by atoms with van der Waals surface area (Å²) in [5, 5.41) is 15.2. The lowest BCUT2D eigenvalue weighted by atomic mass is 10.1. The molecule has 7 heteroatoms. The number of hydrazone groups is 1. The summed E-state index contributed by atoms with van der Waals surface area (Å²) in [7, 11) is 2.89. The summed E-state index contributed by atoms with van der Waals surface area (Å²) < 4.78 is 10.2. The van der Waals surface area contributed by atoms with E-state index in [1.807, 2.05) is 31.2 Å². The van der Waals surface area contributed by atoms with Crippen molar-refractivity contribution in [3.05, 3.63) is 57.6 Å². The second-order valence-corrected chi connectivity index (χ2v) is 4.76. The lowest BCUT2D eigenvalue weighted by Crippen LogP contribution is -2.00. The Kier molecular flexibility index (Phi) is 5.14. The number of nitro benzene ring substituents is 1. The molecule has 0 aliphatic rings. The van der Waals surface area contributed by atoms with Crippen molar-refractivity contribution in [2.45, 2.75) is 6.92 Å². The third kappa shape index (κ3) is 3.97. The van der Waals surface area contributed by atoms with Crippen LogP contribution >= 0.6 is 0 Å². The van der Waals surface area contributed by atoms with Gasteiger partial charge in [0.25, 0.3) is 5.69 Å². The molecule has 7 nitrogen and oxygen atoms in total. The third-order valence-corrected chi connectivity index (χ3v) is 3.14. The zero-order valence-electron chi connectivity index (χ0n) is 13.1. The van der Waals surface area contributed by atoms with Gasteiger partial charge in [0.1, 0.15) is 0 Å². The maximum atomic E-state index is 11.2. The highest BCUT2D eigenvalue weighted by atomic mass is 16.6. The Morgan fingerprint density at radius 1 is 1.17 bits per heavy atom. The summed E-state index contributed by atoms with van der Waals surface area (Å²) in [6.45, 7) is 1.97. The molecule has 0 heterocycles. The van der Waals surface area contributed by atoms with Gasteiger partial charge in [-0.2, -0.15) is 5.10 Å². The number of nitro groups is 1. The minimum Gasteiger partial charge on any atom is -0.493 e. The van der Waals surface area contributed by atoms with Gasteiger partial charge in [0.15, 0.2) is 11.5 Å². The van der Waals surface area contributed by atoms with Crippen LogP contribution in [-0.4, -0.2) is 25.4 Å². The van der Waals surface area contributed by atoms with Crippen molar-refractivity contribution in [3.8, 4) is 11.5 Å². The Hall–Kier alpha value is -3.09. The Bertz CT molecular complexity index is 744. The quantitative estimate of drug-likeness (QED) is 0.502. The molecule has 1 N–H and O–H groups in total. The molecule has 0 aliphatic carbocycles. The number of hydrogen-bond donors (Lipinski definition) is 1. The van der Waals surface area contributed by atoms with Crippen LogP contribution in [-0.2, 0) is 0 Å². The van der Waals surface area contributed by atoms with E-state index in [9.17, 15) is 10.1 Å². The van der Waals surface area contributed by atoms with Gasteiger partial charge in [0, 0.05) is 0 Å². The topological polar surface area (TPSA) is 86.0 Å². The summed E-state index contributed by atoms with van der Waals surface area (Å²) in [5.41, 5.74) is 4.92. The molecule has 0 aromatic heterocycles. The lowest BCUT2D eigenvalue weighted by Gasteiger charge is -2.08. The summed E-state index contributed by atoms with van der Waals surface area (Å²) in [6, 6.07) is 10.5. The number of aryl methyl sites for hydroxylation is 1. The van der Waals surface area contributed by atoms with E-state index in [1.165, 1.54) is 32.6 Å². The molecule has 2 aromatic rings. The highest BCUT2D eigenvalue weighted by Gasteiger charge is 2.18. The van der Waals surface area contributed by atoms with Gasteiger partial charge in [-0.25, -0.2) is 0 Å². The third-order valence-electron chi connectivity index (χ3n) is 3.14. The number of benzene rings is 2. The second kappa shape index (κ2) is 7.26. The van der Waals surface area contributed by atoms with E-state index in [1.54, 1.807) is 0 Å². The molecule has 0 spiro atoms. The van der Waals surface area contributed by atoms with Crippen LogP contribution in [0.25, 0.3) is 0 Å². The Labute approximate surface area is 133 Å². The summed E-state index contributed by atoms with van der Waals surface area (Å²) in [6.07, 6.45) is 1.38. The number of methoxy groups -OCH3 is 2. The normalized spacial score (nSPS) is 10.6. The van der Waals surface area contributed by atoms with E-state index in [4.69, 9.17) is 9.47 Å². The number of nitrogens with one attached hydrogen (secondary N) is 1. The molecule has 0 unspecified atom stereocenters. The molecule has 0 aliphatic heterocycles. The molecule has 0 saturated heterocycles. The van der Waals surface area contributed by atoms with Gasteiger partial charge in [-0.15, -0.1) is 0 Å². The SMILES string of the molecule is COc1cc(/C=N\Nc2cccc(C)c2)c([N+](=O)[O-])cc1OC. The first-order valence-electron chi connectivity index (χ1n) is 6.81. The molecule has 0 bridgehead atoms. The molecule has 23 heavy (non-hydrogen) atoms. The smallest absolute Gasteiger partial charge is 0.282 e. The number of ether oxygens (including phenoxy) is 2. The van der Waals surface area contributed by atoms with Crippen LogP contribution in [0.2, 0.25) is 0 Å². The van der Waals surface area contributed by atoms with Crippen LogP contribution in [0.5, 0.6) is 11.5 Å². The molecule has 0 radical (unpaired) electrons. The van der Waals surface area contributed by atoms with Gasteiger partial charge in [-0.1, -0.05) is 12.1 Å². The summed E-state index contributed by atoms with van der Waals surface area (Å²) in [4.78, 5) is 10.7. The molecule has 2 rings (SSSR count). The average Bonchev–Trinajstić information content (AvgIpc) is 2.54. The van der Waals surface area contributed by atoms with Gasteiger partial charge in [0.2, 0.25) is 0 Å². The Morgan fingerprint density at radius 2 is 1.87 bits per heavy atom. The van der Waals surface area contributed by atoms with Crippen LogP contribution in [0.1, 0.15) is 11.1 Å². The van der Waals surface area contributed by atoms with Crippen LogP contribution in [0.15, 0.2) is 41.5 Å². The number of rotatable bonds is 6. The largest absolute Gasteiger partial charge is 0.493 e. The van der Waals surface area contributed by atoms with E-state index in [-0.39, 0.29) is 5.69 Å². The van der Waals surface area contributed by atoms with Crippen molar-refractivity contribution in [3.63, 3.8) is 0 Å². The predicted octanol–water partition coefficient (Wildman–Crippen LogP) is 3.37. The van der Waals surface area contributed by atoms with Crippen molar-refractivity contribution in [1.82, 2.24) is 0 Å². The molecule has 120 valence electrons. The number of hydrogen-bond acceptors (Lipinski definition) is 6. The fraction of sp³-hybridized carbons (Fsp3) is 0.188. The van der Waals surface area contributed by atoms with Crippen molar-refractivity contribution in [2.75, 3.05) is 19.6 Å². The molecule has 0 fully saturated rings. The molecular formula is C16H17N3O4. The fourth-order valence-corrected chi connectivity index (χ4v) is 2.04. The summed E-state index contributed by atoms with van der Waals surface area (Å²) in [5.74, 6) is 0.693. The first kappa shape index (κ1) is 16.3. The maximum absolute atomic E-state index is 11.2.